The van der Waals surface area contributed by atoms with Crippen molar-refractivity contribution in [3.8, 4) is 0 Å². The van der Waals surface area contributed by atoms with Crippen LogP contribution in [0.25, 0.3) is 0 Å². The molecule has 0 aromatic heterocycles. The molecule has 19 heavy (non-hydrogen) atoms. The van der Waals surface area contributed by atoms with Gasteiger partial charge in [0, 0.05) is 6.54 Å². The molecule has 2 nitrogen and oxygen atoms in total. The van der Waals surface area contributed by atoms with Gasteiger partial charge < -0.3 is 5.32 Å². The number of benzene rings is 1. The summed E-state index contributed by atoms with van der Waals surface area (Å²) in [5.41, 5.74) is 0.870. The van der Waals surface area contributed by atoms with Crippen molar-refractivity contribution in [2.24, 2.45) is 17.8 Å². The smallest absolute Gasteiger partial charge is 0.242 e. The lowest BCUT2D eigenvalue weighted by atomic mass is 9.89. The van der Waals surface area contributed by atoms with E-state index in [1.807, 2.05) is 30.3 Å². The first-order chi connectivity index (χ1) is 9.24. The minimum absolute atomic E-state index is 0.0596. The zero-order chi connectivity index (χ0) is 13.2. The Hall–Kier alpha value is -1.02. The minimum Gasteiger partial charge on any atom is -0.354 e. The molecule has 4 atom stereocenters. The zero-order valence-corrected chi connectivity index (χ0v) is 11.8. The van der Waals surface area contributed by atoms with Crippen molar-refractivity contribution >= 4 is 17.5 Å². The summed E-state index contributed by atoms with van der Waals surface area (Å²) in [6.45, 7) is 0.802. The van der Waals surface area contributed by atoms with Crippen LogP contribution in [0.15, 0.2) is 30.3 Å². The van der Waals surface area contributed by atoms with Gasteiger partial charge in [0.25, 0.3) is 0 Å². The van der Waals surface area contributed by atoms with Gasteiger partial charge in [-0.25, -0.2) is 0 Å². The second-order valence-corrected chi connectivity index (χ2v) is 6.39. The monoisotopic (exact) mass is 277 g/mol. The molecule has 1 N–H and O–H groups in total. The van der Waals surface area contributed by atoms with E-state index in [4.69, 9.17) is 11.6 Å². The van der Waals surface area contributed by atoms with Gasteiger partial charge in [0.15, 0.2) is 0 Å². The average Bonchev–Trinajstić information content (AvgIpc) is 3.07. The first kappa shape index (κ1) is 13.0. The van der Waals surface area contributed by atoms with Crippen molar-refractivity contribution < 1.29 is 4.79 Å². The molecule has 3 heteroatoms. The van der Waals surface area contributed by atoms with Crippen LogP contribution in [-0.2, 0) is 4.79 Å². The molecule has 0 radical (unpaired) electrons. The molecular weight excluding hydrogens is 258 g/mol. The Kier molecular flexibility index (Phi) is 3.79. The van der Waals surface area contributed by atoms with Gasteiger partial charge in [0.05, 0.1) is 0 Å². The van der Waals surface area contributed by atoms with Crippen LogP contribution in [-0.4, -0.2) is 12.5 Å². The van der Waals surface area contributed by atoms with Gasteiger partial charge in [-0.15, -0.1) is 11.6 Å². The molecule has 0 heterocycles. The van der Waals surface area contributed by atoms with Crippen LogP contribution in [0.1, 0.15) is 36.6 Å². The fraction of sp³-hybridized carbons (Fsp3) is 0.562. The molecule has 102 valence electrons. The first-order valence-corrected chi connectivity index (χ1v) is 7.64. The molecule has 3 rings (SSSR count). The second-order valence-electron chi connectivity index (χ2n) is 5.95. The van der Waals surface area contributed by atoms with Gasteiger partial charge in [0.1, 0.15) is 5.38 Å². The average molecular weight is 278 g/mol. The molecular formula is C16H20ClNO. The van der Waals surface area contributed by atoms with Crippen LogP contribution >= 0.6 is 11.6 Å². The third-order valence-corrected chi connectivity index (χ3v) is 5.20. The number of hydrogen-bond acceptors (Lipinski definition) is 1. The number of carbonyl (C=O) groups is 1. The second kappa shape index (κ2) is 5.54. The highest BCUT2D eigenvalue weighted by atomic mass is 35.5. The maximum atomic E-state index is 12.1. The van der Waals surface area contributed by atoms with E-state index >= 15 is 0 Å². The van der Waals surface area contributed by atoms with Gasteiger partial charge in [-0.1, -0.05) is 36.8 Å². The van der Waals surface area contributed by atoms with Crippen molar-refractivity contribution in [3.05, 3.63) is 35.9 Å². The lowest BCUT2D eigenvalue weighted by Gasteiger charge is -2.22. The molecule has 1 aromatic carbocycles. The lowest BCUT2D eigenvalue weighted by molar-refractivity contribution is -0.121. The fourth-order valence-corrected chi connectivity index (χ4v) is 3.94. The number of carbonyl (C=O) groups excluding carboxylic acids is 1. The van der Waals surface area contributed by atoms with Gasteiger partial charge in [-0.05, 0) is 42.6 Å². The maximum absolute atomic E-state index is 12.1. The van der Waals surface area contributed by atoms with Gasteiger partial charge in [-0.3, -0.25) is 4.79 Å². The van der Waals surface area contributed by atoms with E-state index in [9.17, 15) is 4.79 Å². The van der Waals surface area contributed by atoms with E-state index in [0.717, 1.165) is 23.9 Å². The van der Waals surface area contributed by atoms with Gasteiger partial charge >= 0.3 is 0 Å². The Morgan fingerprint density at radius 3 is 2.68 bits per heavy atom. The van der Waals surface area contributed by atoms with Crippen LogP contribution in [0.4, 0.5) is 0 Å². The molecule has 0 aliphatic heterocycles. The highest BCUT2D eigenvalue weighted by molar-refractivity contribution is 6.30. The van der Waals surface area contributed by atoms with Crippen molar-refractivity contribution in [2.45, 2.75) is 31.1 Å². The standard InChI is InChI=1S/C16H20ClNO/c17-15(12-4-2-1-3-5-12)16(19)18-10-14-9-11-6-7-13(14)8-11/h1-5,11,13-15H,6-10H2,(H,18,19)/t11-,13-,14+,15-/m0/s1. The quantitative estimate of drug-likeness (QED) is 0.839. The van der Waals surface area contributed by atoms with E-state index < -0.39 is 5.38 Å². The summed E-state index contributed by atoms with van der Waals surface area (Å²) >= 11 is 6.21. The summed E-state index contributed by atoms with van der Waals surface area (Å²) in [6.07, 6.45) is 5.43. The number of hydrogen-bond donors (Lipinski definition) is 1. The molecule has 0 saturated heterocycles. The van der Waals surface area contributed by atoms with Gasteiger partial charge in [0.2, 0.25) is 5.91 Å². The van der Waals surface area contributed by atoms with Gasteiger partial charge in [-0.2, -0.15) is 0 Å². The molecule has 0 unspecified atom stereocenters. The summed E-state index contributed by atoms with van der Waals surface area (Å²) in [5.74, 6) is 2.39. The van der Waals surface area contributed by atoms with Crippen LogP contribution < -0.4 is 5.32 Å². The third kappa shape index (κ3) is 2.79. The third-order valence-electron chi connectivity index (χ3n) is 4.75. The predicted octanol–water partition coefficient (Wildman–Crippen LogP) is 3.52. The fourth-order valence-electron chi connectivity index (χ4n) is 3.72. The highest BCUT2D eigenvalue weighted by Crippen LogP contribution is 2.47. The summed E-state index contributed by atoms with van der Waals surface area (Å²) in [5, 5.41) is 2.47. The van der Waals surface area contributed by atoms with E-state index in [2.05, 4.69) is 5.32 Å². The summed E-state index contributed by atoms with van der Waals surface area (Å²) in [6, 6.07) is 9.55. The molecule has 2 fully saturated rings. The summed E-state index contributed by atoms with van der Waals surface area (Å²) in [4.78, 5) is 12.1. The van der Waals surface area contributed by atoms with Crippen LogP contribution in [0.3, 0.4) is 0 Å². The Morgan fingerprint density at radius 1 is 1.26 bits per heavy atom. The number of rotatable bonds is 4. The van der Waals surface area contributed by atoms with Crippen molar-refractivity contribution in [1.29, 1.82) is 0 Å². The largest absolute Gasteiger partial charge is 0.354 e. The Balaban J connectivity index is 1.51. The molecule has 2 bridgehead atoms. The Morgan fingerprint density at radius 2 is 2.05 bits per heavy atom. The van der Waals surface area contributed by atoms with E-state index in [1.54, 1.807) is 0 Å². The Bertz CT molecular complexity index is 447. The predicted molar refractivity (Wildman–Crippen MR) is 77.0 cm³/mol. The molecule has 1 amide bonds. The van der Waals surface area contributed by atoms with Crippen molar-refractivity contribution in [2.75, 3.05) is 6.54 Å². The molecule has 2 aliphatic rings. The van der Waals surface area contributed by atoms with E-state index in [0.29, 0.717) is 5.92 Å². The van der Waals surface area contributed by atoms with E-state index in [-0.39, 0.29) is 5.91 Å². The number of alkyl halides is 1. The number of halogens is 1. The first-order valence-electron chi connectivity index (χ1n) is 7.21. The van der Waals surface area contributed by atoms with Crippen molar-refractivity contribution in [3.63, 3.8) is 0 Å². The van der Waals surface area contributed by atoms with Crippen LogP contribution in [0, 0.1) is 17.8 Å². The lowest BCUT2D eigenvalue weighted by Crippen LogP contribution is -2.33. The molecule has 2 saturated carbocycles. The molecule has 2 aliphatic carbocycles. The molecule has 1 aromatic rings. The minimum atomic E-state index is -0.570. The van der Waals surface area contributed by atoms with Crippen LogP contribution in [0.5, 0.6) is 0 Å². The SMILES string of the molecule is O=C(NC[C@H]1C[C@H]2CC[C@H]1C2)[C@@H](Cl)c1ccccc1. The maximum Gasteiger partial charge on any atom is 0.242 e. The van der Waals surface area contributed by atoms with Crippen LogP contribution in [0.2, 0.25) is 0 Å². The summed E-state index contributed by atoms with van der Waals surface area (Å²) in [7, 11) is 0. The Labute approximate surface area is 119 Å². The number of amides is 1. The highest BCUT2D eigenvalue weighted by Gasteiger charge is 2.39. The molecule has 0 spiro atoms. The van der Waals surface area contributed by atoms with Crippen molar-refractivity contribution in [1.82, 2.24) is 5.32 Å². The van der Waals surface area contributed by atoms with E-state index in [1.165, 1.54) is 25.7 Å². The normalized spacial score (nSPS) is 30.3. The zero-order valence-electron chi connectivity index (χ0n) is 11.0. The summed E-state index contributed by atoms with van der Waals surface area (Å²) < 4.78 is 0. The topological polar surface area (TPSA) is 29.1 Å². The number of nitrogens with one attached hydrogen (secondary N) is 1. The number of fused-ring (bicyclic) bond motifs is 2.